The molecule has 1 unspecified atom stereocenters. The van der Waals surface area contributed by atoms with E-state index < -0.39 is 17.7 Å². The molecule has 5 nitrogen and oxygen atoms in total. The summed E-state index contributed by atoms with van der Waals surface area (Å²) in [4.78, 5) is 27.9. The van der Waals surface area contributed by atoms with Crippen molar-refractivity contribution in [3.63, 3.8) is 0 Å². The second kappa shape index (κ2) is 9.82. The van der Waals surface area contributed by atoms with Gasteiger partial charge in [0.15, 0.2) is 0 Å². The number of rotatable bonds is 7. The number of aryl methyl sites for hydroxylation is 2. The Hall–Kier alpha value is -3.08. The maximum Gasteiger partial charge on any atom is 0.295 e. The number of ketones is 1. The van der Waals surface area contributed by atoms with Gasteiger partial charge in [0.1, 0.15) is 11.5 Å². The van der Waals surface area contributed by atoms with Gasteiger partial charge in [-0.2, -0.15) is 0 Å². The molecule has 174 valence electrons. The number of nitrogens with zero attached hydrogens (tertiary/aromatic N) is 1. The quantitative estimate of drug-likeness (QED) is 0.342. The average molecular weight is 448 g/mol. The summed E-state index contributed by atoms with van der Waals surface area (Å²) >= 11 is 0. The van der Waals surface area contributed by atoms with Crippen LogP contribution in [0.25, 0.3) is 5.76 Å². The summed E-state index contributed by atoms with van der Waals surface area (Å²) < 4.78 is 6.04. The Morgan fingerprint density at radius 1 is 1.09 bits per heavy atom. The number of Topliss-reactive ketones (excluding diaryl/α,β-unsaturated/α-hetero) is 1. The highest BCUT2D eigenvalue weighted by Gasteiger charge is 2.46. The molecule has 0 saturated carbocycles. The third-order valence-electron chi connectivity index (χ3n) is 6.49. The number of carbonyl (C=O) groups excluding carboxylic acids is 2. The van der Waals surface area contributed by atoms with Crippen LogP contribution in [0.3, 0.4) is 0 Å². The van der Waals surface area contributed by atoms with Crippen LogP contribution < -0.4 is 4.74 Å². The van der Waals surface area contributed by atoms with Gasteiger partial charge in [0.25, 0.3) is 11.7 Å². The van der Waals surface area contributed by atoms with Gasteiger partial charge in [-0.05, 0) is 69.2 Å². The summed E-state index contributed by atoms with van der Waals surface area (Å²) in [5, 5.41) is 11.4. The number of hydrogen-bond acceptors (Lipinski definition) is 4. The summed E-state index contributed by atoms with van der Waals surface area (Å²) in [5.74, 6) is -0.680. The number of aliphatic hydroxyl groups excluding tert-OH is 1. The Morgan fingerprint density at radius 2 is 1.82 bits per heavy atom. The highest BCUT2D eigenvalue weighted by Crippen LogP contribution is 2.43. The highest BCUT2D eigenvalue weighted by atomic mass is 16.5. The standard InChI is InChI=1S/C28H33NO4/c1-4-5-16-29-25(22-12-8-9-13-23(22)33-18(2)3)24(27(31)28(29)32)26(30)21-15-14-19-10-6-7-11-20(19)17-21/h8-9,12-15,17-18,25,30H,4-7,10-11,16H2,1-3H3/b26-24+. The molecule has 4 rings (SSSR count). The van der Waals surface area contributed by atoms with Crippen LogP contribution in [0.2, 0.25) is 0 Å². The van der Waals surface area contributed by atoms with Crippen molar-refractivity contribution in [3.05, 3.63) is 70.3 Å². The smallest absolute Gasteiger partial charge is 0.295 e. The Balaban J connectivity index is 1.86. The van der Waals surface area contributed by atoms with Crippen LogP contribution in [0.5, 0.6) is 5.75 Å². The molecule has 0 radical (unpaired) electrons. The Kier molecular flexibility index (Phi) is 6.87. The van der Waals surface area contributed by atoms with Gasteiger partial charge >= 0.3 is 0 Å². The van der Waals surface area contributed by atoms with E-state index in [1.54, 1.807) is 4.90 Å². The lowest BCUT2D eigenvalue weighted by Crippen LogP contribution is -2.31. The van der Waals surface area contributed by atoms with Crippen LogP contribution in [-0.2, 0) is 22.4 Å². The van der Waals surface area contributed by atoms with Gasteiger partial charge in [0, 0.05) is 17.7 Å². The summed E-state index contributed by atoms with van der Waals surface area (Å²) in [6.45, 7) is 6.38. The third kappa shape index (κ3) is 4.54. The number of amides is 1. The predicted octanol–water partition coefficient (Wildman–Crippen LogP) is 5.57. The molecule has 0 spiro atoms. The molecule has 0 aromatic heterocycles. The maximum atomic E-state index is 13.2. The van der Waals surface area contributed by atoms with E-state index >= 15 is 0 Å². The van der Waals surface area contributed by atoms with Gasteiger partial charge in [0.2, 0.25) is 0 Å². The van der Waals surface area contributed by atoms with E-state index in [-0.39, 0.29) is 17.4 Å². The Bertz CT molecular complexity index is 1090. The highest BCUT2D eigenvalue weighted by molar-refractivity contribution is 6.46. The number of carbonyl (C=O) groups is 2. The lowest BCUT2D eigenvalue weighted by atomic mass is 9.88. The maximum absolute atomic E-state index is 13.2. The van der Waals surface area contributed by atoms with E-state index in [2.05, 4.69) is 6.92 Å². The van der Waals surface area contributed by atoms with Gasteiger partial charge in [-0.25, -0.2) is 0 Å². The van der Waals surface area contributed by atoms with E-state index in [4.69, 9.17) is 4.74 Å². The Morgan fingerprint density at radius 3 is 2.55 bits per heavy atom. The van der Waals surface area contributed by atoms with Gasteiger partial charge < -0.3 is 14.7 Å². The molecule has 1 atom stereocenters. The minimum Gasteiger partial charge on any atom is -0.507 e. The van der Waals surface area contributed by atoms with Crippen LogP contribution in [0, 0.1) is 0 Å². The van der Waals surface area contributed by atoms with E-state index in [0.717, 1.165) is 37.7 Å². The number of unbranched alkanes of at least 4 members (excludes halogenated alkanes) is 1. The average Bonchev–Trinajstić information content (AvgIpc) is 3.06. The zero-order valence-corrected chi connectivity index (χ0v) is 19.8. The predicted molar refractivity (Wildman–Crippen MR) is 129 cm³/mol. The molecule has 5 heteroatoms. The van der Waals surface area contributed by atoms with Crippen LogP contribution in [0.15, 0.2) is 48.0 Å². The van der Waals surface area contributed by atoms with Gasteiger partial charge in [-0.1, -0.05) is 43.7 Å². The normalized spacial score (nSPS) is 19.8. The minimum absolute atomic E-state index is 0.0651. The van der Waals surface area contributed by atoms with E-state index in [0.29, 0.717) is 17.9 Å². The number of likely N-dealkylation sites (tertiary alicyclic amines) is 1. The first-order chi connectivity index (χ1) is 15.9. The van der Waals surface area contributed by atoms with Crippen molar-refractivity contribution in [3.8, 4) is 5.75 Å². The van der Waals surface area contributed by atoms with Crippen molar-refractivity contribution in [2.45, 2.75) is 71.4 Å². The molecule has 1 heterocycles. The van der Waals surface area contributed by atoms with E-state index in [1.165, 1.54) is 17.5 Å². The molecule has 1 amide bonds. The molecule has 2 aliphatic rings. The van der Waals surface area contributed by atoms with Crippen LogP contribution >= 0.6 is 0 Å². The zero-order chi connectivity index (χ0) is 23.5. The first-order valence-electron chi connectivity index (χ1n) is 12.1. The number of fused-ring (bicyclic) bond motifs is 1. The first-order valence-corrected chi connectivity index (χ1v) is 12.1. The fourth-order valence-electron chi connectivity index (χ4n) is 4.87. The third-order valence-corrected chi connectivity index (χ3v) is 6.49. The van der Waals surface area contributed by atoms with Crippen molar-refractivity contribution in [1.29, 1.82) is 0 Å². The second-order valence-corrected chi connectivity index (χ2v) is 9.24. The summed E-state index contributed by atoms with van der Waals surface area (Å²) in [5.41, 5.74) is 3.98. The number of ether oxygens (including phenoxy) is 1. The molecule has 2 aromatic rings. The number of aliphatic hydroxyl groups is 1. The lowest BCUT2D eigenvalue weighted by molar-refractivity contribution is -0.139. The van der Waals surface area contributed by atoms with Crippen molar-refractivity contribution in [2.24, 2.45) is 0 Å². The van der Waals surface area contributed by atoms with Gasteiger partial charge in [-0.3, -0.25) is 9.59 Å². The summed E-state index contributed by atoms with van der Waals surface area (Å²) in [6.07, 6.45) is 5.91. The monoisotopic (exact) mass is 447 g/mol. The number of para-hydroxylation sites is 1. The van der Waals surface area contributed by atoms with Crippen LogP contribution in [0.1, 0.15) is 74.8 Å². The topological polar surface area (TPSA) is 66.8 Å². The zero-order valence-electron chi connectivity index (χ0n) is 19.8. The molecule has 1 fully saturated rings. The van der Waals surface area contributed by atoms with E-state index in [1.807, 2.05) is 56.3 Å². The summed E-state index contributed by atoms with van der Waals surface area (Å²) in [7, 11) is 0. The van der Waals surface area contributed by atoms with Gasteiger partial charge in [0.05, 0.1) is 17.7 Å². The molecule has 1 N–H and O–H groups in total. The molecule has 33 heavy (non-hydrogen) atoms. The largest absolute Gasteiger partial charge is 0.507 e. The molecule has 1 saturated heterocycles. The SMILES string of the molecule is CCCCN1C(=O)C(=O)/C(=C(/O)c2ccc3c(c2)CCCC3)C1c1ccccc1OC(C)C. The molecule has 1 aliphatic heterocycles. The minimum atomic E-state index is -0.678. The molecular formula is C28H33NO4. The summed E-state index contributed by atoms with van der Waals surface area (Å²) in [6, 6.07) is 12.7. The molecule has 1 aliphatic carbocycles. The fourth-order valence-corrected chi connectivity index (χ4v) is 4.87. The van der Waals surface area contributed by atoms with Crippen molar-refractivity contribution < 1.29 is 19.4 Å². The van der Waals surface area contributed by atoms with E-state index in [9.17, 15) is 14.7 Å². The van der Waals surface area contributed by atoms with Gasteiger partial charge in [-0.15, -0.1) is 0 Å². The number of hydrogen-bond donors (Lipinski definition) is 1. The lowest BCUT2D eigenvalue weighted by Gasteiger charge is -2.27. The first kappa shape index (κ1) is 23.1. The van der Waals surface area contributed by atoms with Crippen molar-refractivity contribution >= 4 is 17.4 Å². The number of benzene rings is 2. The molecule has 2 aromatic carbocycles. The fraction of sp³-hybridized carbons (Fsp3) is 0.429. The molecular weight excluding hydrogens is 414 g/mol. The molecule has 0 bridgehead atoms. The van der Waals surface area contributed by atoms with Crippen LogP contribution in [-0.4, -0.2) is 34.3 Å². The Labute approximate surface area is 196 Å². The van der Waals surface area contributed by atoms with Crippen molar-refractivity contribution in [1.82, 2.24) is 4.90 Å². The van der Waals surface area contributed by atoms with Crippen LogP contribution in [0.4, 0.5) is 0 Å². The van der Waals surface area contributed by atoms with Crippen molar-refractivity contribution in [2.75, 3.05) is 6.54 Å². The second-order valence-electron chi connectivity index (χ2n) is 9.24.